The topological polar surface area (TPSA) is 52.3 Å². The van der Waals surface area contributed by atoms with Crippen molar-refractivity contribution in [3.8, 4) is 5.75 Å². The van der Waals surface area contributed by atoms with Gasteiger partial charge < -0.3 is 10.5 Å². The van der Waals surface area contributed by atoms with Gasteiger partial charge in [-0.1, -0.05) is 26.0 Å². The average Bonchev–Trinajstić information content (AvgIpc) is 2.28. The largest absolute Gasteiger partial charge is 0.496 e. The molecule has 0 spiro atoms. The fourth-order valence-corrected chi connectivity index (χ4v) is 2.06. The van der Waals surface area contributed by atoms with Gasteiger partial charge in [-0.05, 0) is 24.9 Å². The molecule has 0 amide bonds. The number of nitrogens with two attached hydrogens (primary N) is 1. The Morgan fingerprint density at radius 1 is 1.41 bits per heavy atom. The number of hydrogen-bond donors (Lipinski definition) is 1. The van der Waals surface area contributed by atoms with Crippen LogP contribution in [0.5, 0.6) is 5.75 Å². The number of benzene rings is 1. The van der Waals surface area contributed by atoms with Crippen molar-refractivity contribution in [1.29, 1.82) is 0 Å². The minimum absolute atomic E-state index is 0.0921. The number of aryl methyl sites for hydroxylation is 1. The number of carbonyl (C=O) groups is 1. The van der Waals surface area contributed by atoms with Gasteiger partial charge in [-0.3, -0.25) is 4.79 Å². The summed E-state index contributed by atoms with van der Waals surface area (Å²) in [5, 5.41) is 0. The van der Waals surface area contributed by atoms with Gasteiger partial charge in [0.15, 0.2) is 5.78 Å². The van der Waals surface area contributed by atoms with Crippen LogP contribution in [-0.2, 0) is 0 Å². The molecule has 0 atom stereocenters. The van der Waals surface area contributed by atoms with Gasteiger partial charge in [0, 0.05) is 17.5 Å². The standard InChI is InChI=1S/C14H21NO2/c1-9(2)13-11(12(16)7-8-15)6-5-10(3)14(13)17-4/h5-6,9H,7-8,15H2,1-4H3. The normalized spacial score (nSPS) is 10.7. The Kier molecular flexibility index (Phi) is 4.70. The number of rotatable bonds is 5. The highest BCUT2D eigenvalue weighted by molar-refractivity contribution is 5.98. The first-order valence-electron chi connectivity index (χ1n) is 5.93. The van der Waals surface area contributed by atoms with E-state index in [1.165, 1.54) is 0 Å². The number of ketones is 1. The lowest BCUT2D eigenvalue weighted by molar-refractivity contribution is 0.0983. The monoisotopic (exact) mass is 235 g/mol. The van der Waals surface area contributed by atoms with Crippen LogP contribution in [0.15, 0.2) is 12.1 Å². The van der Waals surface area contributed by atoms with Gasteiger partial charge in [-0.25, -0.2) is 0 Å². The van der Waals surface area contributed by atoms with Gasteiger partial charge in [0.1, 0.15) is 5.75 Å². The van der Waals surface area contributed by atoms with Crippen LogP contribution in [-0.4, -0.2) is 19.4 Å². The highest BCUT2D eigenvalue weighted by Crippen LogP contribution is 2.33. The summed E-state index contributed by atoms with van der Waals surface area (Å²) in [4.78, 5) is 12.0. The summed E-state index contributed by atoms with van der Waals surface area (Å²) in [6.07, 6.45) is 0.381. The average molecular weight is 235 g/mol. The first-order chi connectivity index (χ1) is 8.02. The van der Waals surface area contributed by atoms with Gasteiger partial charge in [-0.2, -0.15) is 0 Å². The molecule has 1 aromatic carbocycles. The zero-order valence-electron chi connectivity index (χ0n) is 11.0. The molecule has 2 N–H and O–H groups in total. The summed E-state index contributed by atoms with van der Waals surface area (Å²) in [6, 6.07) is 3.81. The van der Waals surface area contributed by atoms with Crippen molar-refractivity contribution in [2.45, 2.75) is 33.1 Å². The number of carbonyl (C=O) groups excluding carboxylic acids is 1. The molecule has 0 unspecified atom stereocenters. The smallest absolute Gasteiger partial charge is 0.164 e. The molecule has 17 heavy (non-hydrogen) atoms. The van der Waals surface area contributed by atoms with E-state index in [9.17, 15) is 4.79 Å². The Bertz CT molecular complexity index is 411. The summed E-state index contributed by atoms with van der Waals surface area (Å²) in [5.74, 6) is 1.17. The first kappa shape index (κ1) is 13.7. The van der Waals surface area contributed by atoms with E-state index in [0.717, 1.165) is 22.4 Å². The molecule has 1 aromatic rings. The summed E-state index contributed by atoms with van der Waals surface area (Å²) in [6.45, 7) is 6.50. The van der Waals surface area contributed by atoms with Gasteiger partial charge in [0.2, 0.25) is 0 Å². The lowest BCUT2D eigenvalue weighted by Gasteiger charge is -2.18. The molecule has 0 saturated carbocycles. The van der Waals surface area contributed by atoms with E-state index in [4.69, 9.17) is 10.5 Å². The quantitative estimate of drug-likeness (QED) is 0.798. The second kappa shape index (κ2) is 5.82. The zero-order valence-corrected chi connectivity index (χ0v) is 11.0. The summed E-state index contributed by atoms with van der Waals surface area (Å²) >= 11 is 0. The second-order valence-corrected chi connectivity index (χ2v) is 4.49. The molecule has 94 valence electrons. The van der Waals surface area contributed by atoms with E-state index in [1.54, 1.807) is 7.11 Å². The van der Waals surface area contributed by atoms with Crippen LogP contribution in [0, 0.1) is 6.92 Å². The Morgan fingerprint density at radius 3 is 2.53 bits per heavy atom. The van der Waals surface area contributed by atoms with E-state index in [1.807, 2.05) is 19.1 Å². The van der Waals surface area contributed by atoms with Crippen molar-refractivity contribution in [1.82, 2.24) is 0 Å². The molecule has 0 radical (unpaired) electrons. The maximum Gasteiger partial charge on any atom is 0.164 e. The number of hydrogen-bond acceptors (Lipinski definition) is 3. The van der Waals surface area contributed by atoms with E-state index < -0.39 is 0 Å². The molecule has 0 heterocycles. The van der Waals surface area contributed by atoms with Crippen LogP contribution < -0.4 is 10.5 Å². The molecule has 0 aliphatic carbocycles. The predicted octanol–water partition coefficient (Wildman–Crippen LogP) is 2.66. The van der Waals surface area contributed by atoms with Crippen LogP contribution in [0.2, 0.25) is 0 Å². The lowest BCUT2D eigenvalue weighted by Crippen LogP contribution is -2.12. The molecule has 3 heteroatoms. The van der Waals surface area contributed by atoms with Crippen molar-refractivity contribution in [2.24, 2.45) is 5.73 Å². The minimum Gasteiger partial charge on any atom is -0.496 e. The van der Waals surface area contributed by atoms with Crippen LogP contribution in [0.1, 0.15) is 47.7 Å². The van der Waals surface area contributed by atoms with Gasteiger partial charge in [-0.15, -0.1) is 0 Å². The van der Waals surface area contributed by atoms with E-state index in [2.05, 4.69) is 13.8 Å². The molecule has 3 nitrogen and oxygen atoms in total. The summed E-state index contributed by atoms with van der Waals surface area (Å²) < 4.78 is 5.42. The fourth-order valence-electron chi connectivity index (χ4n) is 2.06. The SMILES string of the molecule is COc1c(C)ccc(C(=O)CCN)c1C(C)C. The molecule has 1 rings (SSSR count). The summed E-state index contributed by atoms with van der Waals surface area (Å²) in [5.41, 5.74) is 8.23. The van der Waals surface area contributed by atoms with Crippen molar-refractivity contribution < 1.29 is 9.53 Å². The maximum atomic E-state index is 12.0. The van der Waals surface area contributed by atoms with Crippen LogP contribution in [0.3, 0.4) is 0 Å². The molecule has 0 saturated heterocycles. The molecule has 0 fully saturated rings. The Labute approximate surface area is 103 Å². The van der Waals surface area contributed by atoms with Crippen molar-refractivity contribution in [3.63, 3.8) is 0 Å². The number of Topliss-reactive ketones (excluding diaryl/α,β-unsaturated/α-hetero) is 1. The highest BCUT2D eigenvalue weighted by Gasteiger charge is 2.19. The van der Waals surface area contributed by atoms with Crippen molar-refractivity contribution in [3.05, 3.63) is 28.8 Å². The molecule has 0 aromatic heterocycles. The van der Waals surface area contributed by atoms with Crippen molar-refractivity contribution >= 4 is 5.78 Å². The molecular weight excluding hydrogens is 214 g/mol. The third-order valence-corrected chi connectivity index (χ3v) is 2.85. The number of methoxy groups -OCH3 is 1. The molecule has 0 aliphatic rings. The van der Waals surface area contributed by atoms with Gasteiger partial charge >= 0.3 is 0 Å². The third-order valence-electron chi connectivity index (χ3n) is 2.85. The van der Waals surface area contributed by atoms with E-state index >= 15 is 0 Å². The summed E-state index contributed by atoms with van der Waals surface area (Å²) in [7, 11) is 1.64. The third kappa shape index (κ3) is 2.86. The maximum absolute atomic E-state index is 12.0. The van der Waals surface area contributed by atoms with Crippen LogP contribution in [0.4, 0.5) is 0 Å². The Morgan fingerprint density at radius 2 is 2.06 bits per heavy atom. The van der Waals surface area contributed by atoms with Gasteiger partial charge in [0.05, 0.1) is 7.11 Å². The first-order valence-corrected chi connectivity index (χ1v) is 5.93. The highest BCUT2D eigenvalue weighted by atomic mass is 16.5. The Balaban J connectivity index is 3.35. The van der Waals surface area contributed by atoms with Gasteiger partial charge in [0.25, 0.3) is 0 Å². The van der Waals surface area contributed by atoms with Crippen molar-refractivity contribution in [2.75, 3.05) is 13.7 Å². The molecule has 0 aliphatic heterocycles. The predicted molar refractivity (Wildman–Crippen MR) is 69.8 cm³/mol. The molecular formula is C14H21NO2. The van der Waals surface area contributed by atoms with E-state index in [0.29, 0.717) is 13.0 Å². The fraction of sp³-hybridized carbons (Fsp3) is 0.500. The number of ether oxygens (including phenoxy) is 1. The second-order valence-electron chi connectivity index (χ2n) is 4.49. The Hall–Kier alpha value is -1.35. The zero-order chi connectivity index (χ0) is 13.0. The van der Waals surface area contributed by atoms with Crippen LogP contribution >= 0.6 is 0 Å². The van der Waals surface area contributed by atoms with Crippen LogP contribution in [0.25, 0.3) is 0 Å². The van der Waals surface area contributed by atoms with E-state index in [-0.39, 0.29) is 11.7 Å². The lowest BCUT2D eigenvalue weighted by atomic mass is 9.91. The minimum atomic E-state index is 0.0921. The molecule has 0 bridgehead atoms.